The van der Waals surface area contributed by atoms with Crippen molar-refractivity contribution in [2.45, 2.75) is 117 Å². The number of carbonyl (C=O) groups excluding carboxylic acids is 2. The van der Waals surface area contributed by atoms with Crippen molar-refractivity contribution in [1.29, 1.82) is 0 Å². The van der Waals surface area contributed by atoms with Gasteiger partial charge in [0.25, 0.3) is 0 Å². The van der Waals surface area contributed by atoms with Gasteiger partial charge in [0.1, 0.15) is 22.5 Å². The summed E-state index contributed by atoms with van der Waals surface area (Å²) in [4.78, 5) is 37.2. The van der Waals surface area contributed by atoms with E-state index in [-0.39, 0.29) is 29.3 Å². The smallest absolute Gasteiger partial charge is 0.412 e. The second-order valence-electron chi connectivity index (χ2n) is 12.8. The number of carbonyl (C=O) groups is 2. The van der Waals surface area contributed by atoms with Crippen LogP contribution < -0.4 is 0 Å². The van der Waals surface area contributed by atoms with E-state index in [1.165, 1.54) is 0 Å². The molecule has 0 bridgehead atoms. The van der Waals surface area contributed by atoms with Crippen LogP contribution in [0.1, 0.15) is 111 Å². The van der Waals surface area contributed by atoms with Gasteiger partial charge in [0.05, 0.1) is 18.8 Å². The Morgan fingerprint density at radius 3 is 2.46 bits per heavy atom. The minimum atomic E-state index is -0.735. The molecule has 1 aliphatic rings. The van der Waals surface area contributed by atoms with Crippen LogP contribution in [0.4, 0.5) is 4.79 Å². The van der Waals surface area contributed by atoms with Crippen molar-refractivity contribution in [3.63, 3.8) is 0 Å². The predicted molar refractivity (Wildman–Crippen MR) is 146 cm³/mol. The molecule has 0 aliphatic carbocycles. The maximum Gasteiger partial charge on any atom is 0.412 e. The fraction of sp³-hybridized carbons (Fsp3) is 0.724. The van der Waals surface area contributed by atoms with E-state index in [0.29, 0.717) is 25.1 Å². The summed E-state index contributed by atoms with van der Waals surface area (Å²) in [5, 5.41) is 0. The van der Waals surface area contributed by atoms with Crippen LogP contribution in [0.2, 0.25) is 0 Å². The molecule has 1 amide bonds. The van der Waals surface area contributed by atoms with Crippen molar-refractivity contribution < 1.29 is 19.1 Å². The molecule has 2 aromatic rings. The zero-order valence-corrected chi connectivity index (χ0v) is 24.5. The summed E-state index contributed by atoms with van der Waals surface area (Å²) < 4.78 is 13.8. The molecule has 8 heteroatoms. The third-order valence-corrected chi connectivity index (χ3v) is 7.08. The number of hydrogen-bond acceptors (Lipinski definition) is 6. The van der Waals surface area contributed by atoms with Crippen LogP contribution in [0.3, 0.4) is 0 Å². The van der Waals surface area contributed by atoms with E-state index in [1.807, 2.05) is 52.3 Å². The highest BCUT2D eigenvalue weighted by Gasteiger charge is 2.48. The Hall–Kier alpha value is -2.48. The van der Waals surface area contributed by atoms with Crippen molar-refractivity contribution >= 4 is 23.0 Å². The number of rotatable bonds is 8. The van der Waals surface area contributed by atoms with Crippen LogP contribution in [-0.4, -0.2) is 55.3 Å². The quantitative estimate of drug-likeness (QED) is 0.379. The van der Waals surface area contributed by atoms with Crippen molar-refractivity contribution in [3.05, 3.63) is 23.7 Å². The summed E-state index contributed by atoms with van der Waals surface area (Å²) in [7, 11) is 1.97. The van der Waals surface area contributed by atoms with E-state index in [4.69, 9.17) is 9.47 Å². The molecular formula is C29H46N4O4. The summed E-state index contributed by atoms with van der Waals surface area (Å²) in [6.07, 6.45) is 5.10. The van der Waals surface area contributed by atoms with Crippen molar-refractivity contribution in [2.75, 3.05) is 6.61 Å². The SMILES string of the molecule is CCC[C@H](CCCC(=O)c1cnc2cc(C(C)(C)C)n(C)c2n1)[C@@H]1COC(C)(C)N1C(=O)OC(C)(C)C. The fourth-order valence-electron chi connectivity index (χ4n) is 5.33. The fourth-order valence-corrected chi connectivity index (χ4v) is 5.33. The molecule has 1 saturated heterocycles. The summed E-state index contributed by atoms with van der Waals surface area (Å²) >= 11 is 0. The minimum Gasteiger partial charge on any atom is -0.444 e. The van der Waals surface area contributed by atoms with Crippen molar-refractivity contribution in [3.8, 4) is 0 Å². The molecule has 0 N–H and O–H groups in total. The second-order valence-corrected chi connectivity index (χ2v) is 12.8. The number of hydrogen-bond donors (Lipinski definition) is 0. The minimum absolute atomic E-state index is 0.00448. The molecule has 1 aliphatic heterocycles. The molecule has 3 heterocycles. The van der Waals surface area contributed by atoms with Crippen LogP contribution in [0.5, 0.6) is 0 Å². The highest BCUT2D eigenvalue weighted by molar-refractivity contribution is 5.95. The van der Waals surface area contributed by atoms with Crippen molar-refractivity contribution in [1.82, 2.24) is 19.4 Å². The maximum absolute atomic E-state index is 13.1. The zero-order valence-electron chi connectivity index (χ0n) is 24.5. The lowest BCUT2D eigenvalue weighted by Gasteiger charge is -2.37. The summed E-state index contributed by atoms with van der Waals surface area (Å²) in [5.41, 5.74) is 1.71. The number of amides is 1. The lowest BCUT2D eigenvalue weighted by Crippen LogP contribution is -2.52. The molecule has 0 spiro atoms. The number of aryl methyl sites for hydroxylation is 1. The molecule has 1 fully saturated rings. The molecule has 37 heavy (non-hydrogen) atoms. The van der Waals surface area contributed by atoms with Crippen molar-refractivity contribution in [2.24, 2.45) is 13.0 Å². The Labute approximate surface area is 222 Å². The highest BCUT2D eigenvalue weighted by Crippen LogP contribution is 2.36. The van der Waals surface area contributed by atoms with Gasteiger partial charge < -0.3 is 14.0 Å². The second kappa shape index (κ2) is 10.7. The summed E-state index contributed by atoms with van der Waals surface area (Å²) in [6.45, 7) is 18.5. The Balaban J connectivity index is 1.70. The van der Waals surface area contributed by atoms with E-state index in [0.717, 1.165) is 36.1 Å². The number of fused-ring (bicyclic) bond motifs is 1. The van der Waals surface area contributed by atoms with E-state index in [9.17, 15) is 9.59 Å². The summed E-state index contributed by atoms with van der Waals surface area (Å²) in [5.74, 6) is 0.207. The molecule has 0 unspecified atom stereocenters. The van der Waals surface area contributed by atoms with Crippen LogP contribution in [0.15, 0.2) is 12.3 Å². The Bertz CT molecular complexity index is 1120. The normalized spacial score (nSPS) is 18.9. The first-order chi connectivity index (χ1) is 17.0. The first kappa shape index (κ1) is 29.1. The topological polar surface area (TPSA) is 86.6 Å². The average molecular weight is 515 g/mol. The number of Topliss-reactive ketones (excluding diaryl/α,β-unsaturated/α-hetero) is 1. The zero-order chi connectivity index (χ0) is 27.8. The van der Waals surface area contributed by atoms with Gasteiger partial charge in [-0.2, -0.15) is 0 Å². The lowest BCUT2D eigenvalue weighted by molar-refractivity contribution is -0.0648. The van der Waals surface area contributed by atoms with Crippen LogP contribution in [-0.2, 0) is 21.9 Å². The number of ketones is 1. The van der Waals surface area contributed by atoms with Crippen LogP contribution in [0.25, 0.3) is 11.2 Å². The van der Waals surface area contributed by atoms with Gasteiger partial charge in [0.2, 0.25) is 0 Å². The number of nitrogens with zero attached hydrogens (tertiary/aromatic N) is 4. The number of aromatic nitrogens is 3. The molecule has 0 radical (unpaired) electrons. The standard InChI is InChI=1S/C29H46N4O4/c1-11-13-19(22-18-36-29(8,9)33(22)26(35)37-28(5,6)7)14-12-15-23(34)21-17-30-20-16-24(27(2,3)4)32(10)25(20)31-21/h16-17,19,22H,11-15,18H2,1-10H3/t19-,22+/m1/s1. The molecule has 8 nitrogen and oxygen atoms in total. The summed E-state index contributed by atoms with van der Waals surface area (Å²) in [6, 6.07) is 1.96. The maximum atomic E-state index is 13.1. The third kappa shape index (κ3) is 6.70. The van der Waals surface area contributed by atoms with Gasteiger partial charge in [0.15, 0.2) is 11.4 Å². The lowest BCUT2D eigenvalue weighted by atomic mass is 9.88. The van der Waals surface area contributed by atoms with E-state index < -0.39 is 11.3 Å². The van der Waals surface area contributed by atoms with E-state index in [1.54, 1.807) is 11.1 Å². The molecule has 206 valence electrons. The van der Waals surface area contributed by atoms with Gasteiger partial charge in [-0.05, 0) is 65.9 Å². The molecule has 3 rings (SSSR count). The van der Waals surface area contributed by atoms with Gasteiger partial charge in [-0.1, -0.05) is 34.1 Å². The van der Waals surface area contributed by atoms with Gasteiger partial charge in [-0.25, -0.2) is 9.78 Å². The monoisotopic (exact) mass is 514 g/mol. The van der Waals surface area contributed by atoms with Gasteiger partial charge in [-0.15, -0.1) is 0 Å². The molecule has 0 aromatic carbocycles. The molecule has 2 aromatic heterocycles. The number of ether oxygens (including phenoxy) is 2. The highest BCUT2D eigenvalue weighted by atomic mass is 16.6. The van der Waals surface area contributed by atoms with Gasteiger partial charge in [0, 0.05) is 24.6 Å². The Kier molecular flexibility index (Phi) is 8.42. The molecule has 0 saturated carbocycles. The molecular weight excluding hydrogens is 468 g/mol. The Morgan fingerprint density at radius 2 is 1.86 bits per heavy atom. The third-order valence-electron chi connectivity index (χ3n) is 7.08. The van der Waals surface area contributed by atoms with Crippen LogP contribution in [0, 0.1) is 5.92 Å². The van der Waals surface area contributed by atoms with E-state index in [2.05, 4.69) is 37.7 Å². The largest absolute Gasteiger partial charge is 0.444 e. The van der Waals surface area contributed by atoms with E-state index >= 15 is 0 Å². The average Bonchev–Trinajstić information content (AvgIpc) is 3.27. The van der Waals surface area contributed by atoms with Gasteiger partial charge >= 0.3 is 6.09 Å². The Morgan fingerprint density at radius 1 is 1.19 bits per heavy atom. The molecule has 2 atom stereocenters. The first-order valence-electron chi connectivity index (χ1n) is 13.6. The predicted octanol–water partition coefficient (Wildman–Crippen LogP) is 6.41. The first-order valence-corrected chi connectivity index (χ1v) is 13.6. The van der Waals surface area contributed by atoms with Crippen LogP contribution >= 0.6 is 0 Å². The van der Waals surface area contributed by atoms with Gasteiger partial charge in [-0.3, -0.25) is 14.7 Å².